The molecule has 4 nitrogen and oxygen atoms in total. The second kappa shape index (κ2) is 4.94. The lowest BCUT2D eigenvalue weighted by molar-refractivity contribution is 0.0722. The molecule has 0 spiro atoms. The van der Waals surface area contributed by atoms with Crippen molar-refractivity contribution in [1.29, 1.82) is 0 Å². The van der Waals surface area contributed by atoms with Gasteiger partial charge in [-0.25, -0.2) is 0 Å². The van der Waals surface area contributed by atoms with Gasteiger partial charge in [0.2, 0.25) is 0 Å². The molecule has 1 atom stereocenters. The lowest BCUT2D eigenvalue weighted by Crippen LogP contribution is -2.38. The molecule has 0 bridgehead atoms. The van der Waals surface area contributed by atoms with Gasteiger partial charge in [-0.05, 0) is 30.4 Å². The van der Waals surface area contributed by atoms with Gasteiger partial charge < -0.3 is 4.90 Å². The van der Waals surface area contributed by atoms with Gasteiger partial charge in [0.15, 0.2) is 0 Å². The van der Waals surface area contributed by atoms with E-state index in [1.807, 2.05) is 38.7 Å². The number of aromatic nitrogens is 2. The molecule has 0 aromatic carbocycles. The fourth-order valence-electron chi connectivity index (χ4n) is 2.47. The van der Waals surface area contributed by atoms with Crippen molar-refractivity contribution in [1.82, 2.24) is 14.7 Å². The van der Waals surface area contributed by atoms with Crippen LogP contribution in [0, 0.1) is 0 Å². The second-order valence-electron chi connectivity index (χ2n) is 4.53. The highest BCUT2D eigenvalue weighted by Crippen LogP contribution is 2.22. The first-order valence-corrected chi connectivity index (χ1v) is 7.09. The van der Waals surface area contributed by atoms with Crippen LogP contribution in [0.3, 0.4) is 0 Å². The molecule has 1 fully saturated rings. The Labute approximate surface area is 110 Å². The number of carbonyl (C=O) groups excluding carboxylic acids is 1. The number of carbonyl (C=O) groups is 1. The van der Waals surface area contributed by atoms with Crippen LogP contribution < -0.4 is 0 Å². The van der Waals surface area contributed by atoms with E-state index < -0.39 is 0 Å². The zero-order valence-electron chi connectivity index (χ0n) is 10.0. The highest BCUT2D eigenvalue weighted by atomic mass is 32.1. The van der Waals surface area contributed by atoms with E-state index in [0.29, 0.717) is 0 Å². The molecule has 0 radical (unpaired) electrons. The van der Waals surface area contributed by atoms with E-state index in [0.717, 1.165) is 31.5 Å². The number of likely N-dealkylation sites (tertiary alicyclic amines) is 1. The van der Waals surface area contributed by atoms with Gasteiger partial charge in [0, 0.05) is 24.3 Å². The van der Waals surface area contributed by atoms with Crippen molar-refractivity contribution in [3.05, 3.63) is 40.8 Å². The number of amides is 1. The molecule has 1 aliphatic rings. The minimum absolute atomic E-state index is 0.158. The molecular weight excluding hydrogens is 246 g/mol. The Kier molecular flexibility index (Phi) is 3.15. The first kappa shape index (κ1) is 11.5. The molecule has 18 heavy (non-hydrogen) atoms. The number of rotatable bonds is 3. The van der Waals surface area contributed by atoms with Crippen molar-refractivity contribution in [2.75, 3.05) is 6.54 Å². The number of hydrogen-bond acceptors (Lipinski definition) is 3. The number of thiophene rings is 1. The van der Waals surface area contributed by atoms with Gasteiger partial charge in [-0.2, -0.15) is 16.4 Å². The average Bonchev–Trinajstić information content (AvgIpc) is 3.12. The van der Waals surface area contributed by atoms with E-state index in [1.165, 1.54) is 0 Å². The maximum atomic E-state index is 12.3. The van der Waals surface area contributed by atoms with Crippen molar-refractivity contribution >= 4 is 17.2 Å². The molecule has 2 aromatic rings. The van der Waals surface area contributed by atoms with Crippen molar-refractivity contribution in [3.8, 4) is 0 Å². The molecule has 0 N–H and O–H groups in total. The standard InChI is InChI=1S/C13H15N3OS/c17-13(11-4-8-18-10-11)16-7-1-3-12(16)9-15-6-2-5-14-15/h2,4-6,8,10,12H,1,3,7,9H2/t12-/m0/s1. The first-order valence-electron chi connectivity index (χ1n) is 6.15. The Morgan fingerprint density at radius 3 is 3.22 bits per heavy atom. The molecule has 0 unspecified atom stereocenters. The summed E-state index contributed by atoms with van der Waals surface area (Å²) >= 11 is 1.57. The Balaban J connectivity index is 1.73. The normalized spacial score (nSPS) is 19.3. The van der Waals surface area contributed by atoms with E-state index in [1.54, 1.807) is 17.5 Å². The predicted octanol–water partition coefficient (Wildman–Crippen LogP) is 2.25. The van der Waals surface area contributed by atoms with Crippen molar-refractivity contribution in [2.45, 2.75) is 25.4 Å². The van der Waals surface area contributed by atoms with Crippen LogP contribution in [0.4, 0.5) is 0 Å². The van der Waals surface area contributed by atoms with Gasteiger partial charge in [0.05, 0.1) is 18.2 Å². The van der Waals surface area contributed by atoms with Crippen LogP contribution in [0.15, 0.2) is 35.3 Å². The largest absolute Gasteiger partial charge is 0.334 e. The minimum Gasteiger partial charge on any atom is -0.334 e. The Morgan fingerprint density at radius 1 is 1.56 bits per heavy atom. The van der Waals surface area contributed by atoms with E-state index in [2.05, 4.69) is 5.10 Å². The minimum atomic E-state index is 0.158. The fourth-order valence-corrected chi connectivity index (χ4v) is 3.10. The smallest absolute Gasteiger partial charge is 0.255 e. The summed E-state index contributed by atoms with van der Waals surface area (Å²) in [7, 11) is 0. The highest BCUT2D eigenvalue weighted by molar-refractivity contribution is 7.08. The van der Waals surface area contributed by atoms with Gasteiger partial charge in [0.1, 0.15) is 0 Å². The van der Waals surface area contributed by atoms with Gasteiger partial charge in [-0.15, -0.1) is 0 Å². The Morgan fingerprint density at radius 2 is 2.50 bits per heavy atom. The predicted molar refractivity (Wildman–Crippen MR) is 70.6 cm³/mol. The van der Waals surface area contributed by atoms with Crippen LogP contribution in [0.25, 0.3) is 0 Å². The third-order valence-electron chi connectivity index (χ3n) is 3.36. The molecular formula is C13H15N3OS. The third-order valence-corrected chi connectivity index (χ3v) is 4.05. The van der Waals surface area contributed by atoms with E-state index in [-0.39, 0.29) is 11.9 Å². The van der Waals surface area contributed by atoms with Crippen LogP contribution >= 0.6 is 11.3 Å². The van der Waals surface area contributed by atoms with E-state index in [9.17, 15) is 4.79 Å². The summed E-state index contributed by atoms with van der Waals surface area (Å²) in [5.41, 5.74) is 0.812. The van der Waals surface area contributed by atoms with Crippen LogP contribution in [-0.2, 0) is 6.54 Å². The molecule has 1 saturated heterocycles. The Bertz CT molecular complexity index is 506. The third kappa shape index (κ3) is 2.18. The molecule has 0 saturated carbocycles. The average molecular weight is 261 g/mol. The Hall–Kier alpha value is -1.62. The van der Waals surface area contributed by atoms with Crippen molar-refractivity contribution in [2.24, 2.45) is 0 Å². The van der Waals surface area contributed by atoms with Gasteiger partial charge in [-0.3, -0.25) is 9.48 Å². The van der Waals surface area contributed by atoms with Gasteiger partial charge in [0.25, 0.3) is 5.91 Å². The molecule has 3 heterocycles. The number of hydrogen-bond donors (Lipinski definition) is 0. The zero-order chi connectivity index (χ0) is 12.4. The molecule has 94 valence electrons. The summed E-state index contributed by atoms with van der Waals surface area (Å²) in [5, 5.41) is 8.09. The molecule has 3 rings (SSSR count). The summed E-state index contributed by atoms with van der Waals surface area (Å²) in [5.74, 6) is 0.158. The lowest BCUT2D eigenvalue weighted by atomic mass is 10.2. The summed E-state index contributed by atoms with van der Waals surface area (Å²) in [6, 6.07) is 4.09. The van der Waals surface area contributed by atoms with E-state index >= 15 is 0 Å². The van der Waals surface area contributed by atoms with Crippen LogP contribution in [-0.4, -0.2) is 33.2 Å². The highest BCUT2D eigenvalue weighted by Gasteiger charge is 2.29. The summed E-state index contributed by atoms with van der Waals surface area (Å²) in [6.45, 7) is 1.66. The number of nitrogens with zero attached hydrogens (tertiary/aromatic N) is 3. The summed E-state index contributed by atoms with van der Waals surface area (Å²) < 4.78 is 1.91. The zero-order valence-corrected chi connectivity index (χ0v) is 10.8. The topological polar surface area (TPSA) is 38.1 Å². The fraction of sp³-hybridized carbons (Fsp3) is 0.385. The van der Waals surface area contributed by atoms with Gasteiger partial charge in [-0.1, -0.05) is 0 Å². The second-order valence-corrected chi connectivity index (χ2v) is 5.31. The quantitative estimate of drug-likeness (QED) is 0.850. The van der Waals surface area contributed by atoms with Crippen LogP contribution in [0.1, 0.15) is 23.2 Å². The summed E-state index contributed by atoms with van der Waals surface area (Å²) in [4.78, 5) is 14.3. The molecule has 2 aromatic heterocycles. The monoisotopic (exact) mass is 261 g/mol. The van der Waals surface area contributed by atoms with Crippen LogP contribution in [0.5, 0.6) is 0 Å². The van der Waals surface area contributed by atoms with Crippen molar-refractivity contribution < 1.29 is 4.79 Å². The maximum absolute atomic E-state index is 12.3. The lowest BCUT2D eigenvalue weighted by Gasteiger charge is -2.24. The van der Waals surface area contributed by atoms with E-state index in [4.69, 9.17) is 0 Å². The molecule has 0 aliphatic carbocycles. The molecule has 1 aliphatic heterocycles. The van der Waals surface area contributed by atoms with Crippen LogP contribution in [0.2, 0.25) is 0 Å². The maximum Gasteiger partial charge on any atom is 0.255 e. The molecule has 5 heteroatoms. The SMILES string of the molecule is O=C(c1ccsc1)N1CCC[C@H]1Cn1cccn1. The van der Waals surface area contributed by atoms with Crippen molar-refractivity contribution in [3.63, 3.8) is 0 Å². The first-order chi connectivity index (χ1) is 8.84. The summed E-state index contributed by atoms with van der Waals surface area (Å²) in [6.07, 6.45) is 5.88. The van der Waals surface area contributed by atoms with Gasteiger partial charge >= 0.3 is 0 Å². The molecule has 1 amide bonds.